The number of aryl methyl sites for hydroxylation is 2. The molecule has 0 aliphatic heterocycles. The molecule has 0 aliphatic carbocycles. The quantitative estimate of drug-likeness (QED) is 0.886. The number of H-pyrrole nitrogens is 1. The maximum absolute atomic E-state index is 5.60. The van der Waals surface area contributed by atoms with Gasteiger partial charge in [-0.3, -0.25) is 5.10 Å². The normalized spacial score (nSPS) is 10.8. The molecule has 0 radical (unpaired) electrons. The molecule has 4 heteroatoms. The molecule has 2 aromatic rings. The predicted molar refractivity (Wildman–Crippen MR) is 77.5 cm³/mol. The van der Waals surface area contributed by atoms with Gasteiger partial charge in [0.05, 0.1) is 12.8 Å². The Kier molecular flexibility index (Phi) is 3.90. The van der Waals surface area contributed by atoms with E-state index in [4.69, 9.17) is 10.5 Å². The molecular weight excluding hydrogens is 238 g/mol. The molecular formula is C15H21N3O. The van der Waals surface area contributed by atoms with E-state index in [0.717, 1.165) is 40.2 Å². The monoisotopic (exact) mass is 259 g/mol. The van der Waals surface area contributed by atoms with Crippen molar-refractivity contribution in [2.24, 2.45) is 5.73 Å². The standard InChI is InChI=1S/C15H21N3O/c1-9-8-14(19-4)10(2)7-12(9)15-11(3)13(5-6-16)17-18-15/h7-8H,5-6,16H2,1-4H3,(H,17,18). The Hall–Kier alpha value is -1.81. The molecule has 0 bridgehead atoms. The second kappa shape index (κ2) is 5.45. The molecule has 102 valence electrons. The van der Waals surface area contributed by atoms with E-state index in [1.807, 2.05) is 6.92 Å². The predicted octanol–water partition coefficient (Wildman–Crippen LogP) is 2.51. The van der Waals surface area contributed by atoms with Gasteiger partial charge in [-0.1, -0.05) is 0 Å². The van der Waals surface area contributed by atoms with Crippen LogP contribution in [-0.2, 0) is 6.42 Å². The van der Waals surface area contributed by atoms with E-state index in [0.29, 0.717) is 6.54 Å². The number of methoxy groups -OCH3 is 1. The van der Waals surface area contributed by atoms with E-state index < -0.39 is 0 Å². The minimum absolute atomic E-state index is 0.628. The second-order valence-electron chi connectivity index (χ2n) is 4.85. The maximum Gasteiger partial charge on any atom is 0.122 e. The smallest absolute Gasteiger partial charge is 0.122 e. The molecule has 0 amide bonds. The van der Waals surface area contributed by atoms with E-state index >= 15 is 0 Å². The van der Waals surface area contributed by atoms with Crippen molar-refractivity contribution in [3.05, 3.63) is 34.5 Å². The van der Waals surface area contributed by atoms with E-state index in [-0.39, 0.29) is 0 Å². The molecule has 0 fully saturated rings. The third-order valence-corrected chi connectivity index (χ3v) is 3.50. The molecule has 0 spiro atoms. The lowest BCUT2D eigenvalue weighted by molar-refractivity contribution is 0.411. The van der Waals surface area contributed by atoms with Gasteiger partial charge in [0.15, 0.2) is 0 Å². The number of benzene rings is 1. The number of rotatable bonds is 4. The second-order valence-corrected chi connectivity index (χ2v) is 4.85. The van der Waals surface area contributed by atoms with Crippen molar-refractivity contribution in [2.45, 2.75) is 27.2 Å². The molecule has 0 saturated carbocycles. The van der Waals surface area contributed by atoms with E-state index in [1.54, 1.807) is 7.11 Å². The number of nitrogens with one attached hydrogen (secondary N) is 1. The van der Waals surface area contributed by atoms with Gasteiger partial charge in [-0.25, -0.2) is 0 Å². The summed E-state index contributed by atoms with van der Waals surface area (Å²) < 4.78 is 5.35. The first kappa shape index (κ1) is 13.6. The Morgan fingerprint density at radius 1 is 1.21 bits per heavy atom. The zero-order valence-electron chi connectivity index (χ0n) is 12.0. The largest absolute Gasteiger partial charge is 0.496 e. The molecule has 2 rings (SSSR count). The van der Waals surface area contributed by atoms with Crippen molar-refractivity contribution in [3.63, 3.8) is 0 Å². The SMILES string of the molecule is COc1cc(C)c(-c2n[nH]c(CCN)c2C)cc1C. The average Bonchev–Trinajstić information content (AvgIpc) is 2.74. The summed E-state index contributed by atoms with van der Waals surface area (Å²) >= 11 is 0. The van der Waals surface area contributed by atoms with Crippen LogP contribution in [0.2, 0.25) is 0 Å². The van der Waals surface area contributed by atoms with E-state index in [1.165, 1.54) is 5.56 Å². The van der Waals surface area contributed by atoms with Gasteiger partial charge >= 0.3 is 0 Å². The fraction of sp³-hybridized carbons (Fsp3) is 0.400. The van der Waals surface area contributed by atoms with Gasteiger partial charge in [0.2, 0.25) is 0 Å². The van der Waals surface area contributed by atoms with Gasteiger partial charge in [-0.05, 0) is 56.1 Å². The first-order chi connectivity index (χ1) is 9.08. The van der Waals surface area contributed by atoms with Crippen LogP contribution in [0.5, 0.6) is 5.75 Å². The lowest BCUT2D eigenvalue weighted by Gasteiger charge is -2.10. The van der Waals surface area contributed by atoms with Crippen LogP contribution >= 0.6 is 0 Å². The van der Waals surface area contributed by atoms with Gasteiger partial charge in [-0.2, -0.15) is 5.10 Å². The Morgan fingerprint density at radius 2 is 1.95 bits per heavy atom. The lowest BCUT2D eigenvalue weighted by atomic mass is 9.98. The summed E-state index contributed by atoms with van der Waals surface area (Å²) in [5, 5.41) is 7.53. The Labute approximate surface area is 114 Å². The van der Waals surface area contributed by atoms with Gasteiger partial charge < -0.3 is 10.5 Å². The van der Waals surface area contributed by atoms with Crippen molar-refractivity contribution in [3.8, 4) is 17.0 Å². The highest BCUT2D eigenvalue weighted by molar-refractivity contribution is 5.69. The summed E-state index contributed by atoms with van der Waals surface area (Å²) in [7, 11) is 1.70. The Morgan fingerprint density at radius 3 is 2.58 bits per heavy atom. The Balaban J connectivity index is 2.50. The fourth-order valence-electron chi connectivity index (χ4n) is 2.35. The highest BCUT2D eigenvalue weighted by atomic mass is 16.5. The van der Waals surface area contributed by atoms with Gasteiger partial charge in [0.25, 0.3) is 0 Å². The molecule has 0 saturated heterocycles. The van der Waals surface area contributed by atoms with Crippen LogP contribution in [0.1, 0.15) is 22.4 Å². The van der Waals surface area contributed by atoms with Crippen molar-refractivity contribution in [1.29, 1.82) is 0 Å². The third-order valence-electron chi connectivity index (χ3n) is 3.50. The van der Waals surface area contributed by atoms with Crippen molar-refractivity contribution in [1.82, 2.24) is 10.2 Å². The molecule has 3 N–H and O–H groups in total. The fourth-order valence-corrected chi connectivity index (χ4v) is 2.35. The first-order valence-corrected chi connectivity index (χ1v) is 6.48. The van der Waals surface area contributed by atoms with E-state index in [9.17, 15) is 0 Å². The minimum Gasteiger partial charge on any atom is -0.496 e. The number of ether oxygens (including phenoxy) is 1. The first-order valence-electron chi connectivity index (χ1n) is 6.48. The summed E-state index contributed by atoms with van der Waals surface area (Å²) in [4.78, 5) is 0. The van der Waals surface area contributed by atoms with Crippen molar-refractivity contribution in [2.75, 3.05) is 13.7 Å². The summed E-state index contributed by atoms with van der Waals surface area (Å²) in [6.07, 6.45) is 0.826. The molecule has 19 heavy (non-hydrogen) atoms. The Bertz CT molecular complexity index is 587. The van der Waals surface area contributed by atoms with Gasteiger partial charge in [0, 0.05) is 17.7 Å². The summed E-state index contributed by atoms with van der Waals surface area (Å²) in [5.74, 6) is 0.914. The third kappa shape index (κ3) is 2.49. The summed E-state index contributed by atoms with van der Waals surface area (Å²) in [5.41, 5.74) is 12.3. The highest BCUT2D eigenvalue weighted by Crippen LogP contribution is 2.31. The van der Waals surface area contributed by atoms with Crippen LogP contribution in [0.15, 0.2) is 12.1 Å². The van der Waals surface area contributed by atoms with Gasteiger partial charge in [-0.15, -0.1) is 0 Å². The summed E-state index contributed by atoms with van der Waals surface area (Å²) in [6.45, 7) is 6.84. The van der Waals surface area contributed by atoms with Crippen molar-refractivity contribution < 1.29 is 4.74 Å². The molecule has 0 atom stereocenters. The number of nitrogens with two attached hydrogens (primary N) is 1. The van der Waals surface area contributed by atoms with Crippen LogP contribution in [0.25, 0.3) is 11.3 Å². The molecule has 0 unspecified atom stereocenters. The topological polar surface area (TPSA) is 63.9 Å². The van der Waals surface area contributed by atoms with E-state index in [2.05, 4.69) is 36.2 Å². The summed E-state index contributed by atoms with van der Waals surface area (Å²) in [6, 6.07) is 4.19. The van der Waals surface area contributed by atoms with Crippen LogP contribution in [0, 0.1) is 20.8 Å². The maximum atomic E-state index is 5.60. The number of hydrogen-bond donors (Lipinski definition) is 2. The average molecular weight is 259 g/mol. The van der Waals surface area contributed by atoms with Crippen LogP contribution < -0.4 is 10.5 Å². The minimum atomic E-state index is 0.628. The molecule has 1 heterocycles. The highest BCUT2D eigenvalue weighted by Gasteiger charge is 2.14. The molecule has 0 aliphatic rings. The van der Waals surface area contributed by atoms with Crippen LogP contribution in [-0.4, -0.2) is 23.9 Å². The van der Waals surface area contributed by atoms with Crippen molar-refractivity contribution >= 4 is 0 Å². The zero-order chi connectivity index (χ0) is 14.0. The van der Waals surface area contributed by atoms with Crippen LogP contribution in [0.3, 0.4) is 0 Å². The lowest BCUT2D eigenvalue weighted by Crippen LogP contribution is -2.04. The molecule has 4 nitrogen and oxygen atoms in total. The number of nitrogens with zero attached hydrogens (tertiary/aromatic N) is 1. The molecule has 1 aromatic carbocycles. The number of aromatic nitrogens is 2. The number of aromatic amines is 1. The van der Waals surface area contributed by atoms with Crippen LogP contribution in [0.4, 0.5) is 0 Å². The molecule has 1 aromatic heterocycles. The number of hydrogen-bond acceptors (Lipinski definition) is 3. The zero-order valence-corrected chi connectivity index (χ0v) is 12.0. The van der Waals surface area contributed by atoms with Gasteiger partial charge in [0.1, 0.15) is 5.75 Å².